The van der Waals surface area contributed by atoms with Crippen LogP contribution in [0.15, 0.2) is 28.2 Å². The number of amides is 1. The lowest BCUT2D eigenvalue weighted by Gasteiger charge is -2.33. The van der Waals surface area contributed by atoms with Gasteiger partial charge in [0.25, 0.3) is 5.91 Å². The Kier molecular flexibility index (Phi) is 2.74. The predicted molar refractivity (Wildman–Crippen MR) is 70.9 cm³/mol. The molecular weight excluding hydrogens is 246 g/mol. The fourth-order valence-corrected chi connectivity index (χ4v) is 3.51. The van der Waals surface area contributed by atoms with Crippen LogP contribution in [0.2, 0.25) is 0 Å². The zero-order valence-electron chi connectivity index (χ0n) is 10.5. The lowest BCUT2D eigenvalue weighted by atomic mass is 10.0. The maximum absolute atomic E-state index is 12.5. The highest BCUT2D eigenvalue weighted by atomic mass is 32.1. The molecule has 1 aliphatic rings. The molecule has 1 unspecified atom stereocenters. The summed E-state index contributed by atoms with van der Waals surface area (Å²) in [7, 11) is 0. The second-order valence-corrected chi connectivity index (χ2v) is 5.61. The van der Waals surface area contributed by atoms with Crippen molar-refractivity contribution in [3.8, 4) is 0 Å². The van der Waals surface area contributed by atoms with E-state index < -0.39 is 0 Å². The molecule has 1 aliphatic heterocycles. The molecule has 4 heteroatoms. The molecule has 0 aromatic carbocycles. The smallest absolute Gasteiger partial charge is 0.257 e. The molecule has 2 aromatic rings. The van der Waals surface area contributed by atoms with Crippen molar-refractivity contribution in [3.63, 3.8) is 0 Å². The molecule has 0 saturated heterocycles. The van der Waals surface area contributed by atoms with E-state index in [0.717, 1.165) is 13.0 Å². The first-order valence-corrected chi connectivity index (χ1v) is 6.98. The van der Waals surface area contributed by atoms with Gasteiger partial charge in [0.2, 0.25) is 0 Å². The minimum absolute atomic E-state index is 0.0746. The minimum atomic E-state index is 0.0746. The van der Waals surface area contributed by atoms with Crippen LogP contribution in [0.5, 0.6) is 0 Å². The number of aryl methyl sites for hydroxylation is 1. The van der Waals surface area contributed by atoms with E-state index in [-0.39, 0.29) is 11.9 Å². The molecule has 0 saturated carbocycles. The highest BCUT2D eigenvalue weighted by Crippen LogP contribution is 2.33. The molecule has 1 atom stereocenters. The molecule has 18 heavy (non-hydrogen) atoms. The van der Waals surface area contributed by atoms with E-state index in [9.17, 15) is 4.79 Å². The lowest BCUT2D eigenvalue weighted by molar-refractivity contribution is 0.0677. The number of rotatable bonds is 1. The van der Waals surface area contributed by atoms with Gasteiger partial charge in [0.15, 0.2) is 0 Å². The van der Waals surface area contributed by atoms with Crippen molar-refractivity contribution in [1.82, 2.24) is 4.90 Å². The topological polar surface area (TPSA) is 33.5 Å². The number of carbonyl (C=O) groups is 1. The van der Waals surface area contributed by atoms with Gasteiger partial charge >= 0.3 is 0 Å². The fourth-order valence-electron chi connectivity index (χ4n) is 2.55. The first kappa shape index (κ1) is 11.5. The molecule has 3 nitrogen and oxygen atoms in total. The molecule has 0 radical (unpaired) electrons. The average molecular weight is 261 g/mol. The Balaban J connectivity index is 1.91. The van der Waals surface area contributed by atoms with E-state index >= 15 is 0 Å². The molecule has 0 spiro atoms. The van der Waals surface area contributed by atoms with Gasteiger partial charge in [-0.15, -0.1) is 11.3 Å². The molecule has 2 aromatic heterocycles. The first-order valence-electron chi connectivity index (χ1n) is 6.10. The van der Waals surface area contributed by atoms with Crippen LogP contribution in [0.4, 0.5) is 0 Å². The number of carbonyl (C=O) groups excluding carboxylic acids is 1. The number of hydrogen-bond acceptors (Lipinski definition) is 3. The van der Waals surface area contributed by atoms with Crippen molar-refractivity contribution < 1.29 is 9.21 Å². The van der Waals surface area contributed by atoms with E-state index in [4.69, 9.17) is 4.42 Å². The zero-order valence-corrected chi connectivity index (χ0v) is 11.3. The van der Waals surface area contributed by atoms with Gasteiger partial charge in [0.05, 0.1) is 17.9 Å². The lowest BCUT2D eigenvalue weighted by Crippen LogP contribution is -2.38. The number of nitrogens with zero attached hydrogens (tertiary/aromatic N) is 1. The maximum atomic E-state index is 12.5. The van der Waals surface area contributed by atoms with Crippen molar-refractivity contribution in [3.05, 3.63) is 45.5 Å². The van der Waals surface area contributed by atoms with Crippen LogP contribution < -0.4 is 0 Å². The number of thiophene rings is 1. The van der Waals surface area contributed by atoms with Crippen LogP contribution in [0.3, 0.4) is 0 Å². The quantitative estimate of drug-likeness (QED) is 0.788. The summed E-state index contributed by atoms with van der Waals surface area (Å²) in [6.07, 6.45) is 2.53. The highest BCUT2D eigenvalue weighted by molar-refractivity contribution is 7.10. The molecule has 0 fully saturated rings. The number of fused-ring (bicyclic) bond motifs is 1. The Morgan fingerprint density at radius 1 is 1.50 bits per heavy atom. The van der Waals surface area contributed by atoms with Crippen LogP contribution in [0.25, 0.3) is 0 Å². The van der Waals surface area contributed by atoms with Crippen LogP contribution in [0.1, 0.15) is 39.5 Å². The Hall–Kier alpha value is -1.55. The van der Waals surface area contributed by atoms with Gasteiger partial charge < -0.3 is 9.32 Å². The van der Waals surface area contributed by atoms with E-state index in [1.54, 1.807) is 23.7 Å². The number of hydrogen-bond donors (Lipinski definition) is 0. The van der Waals surface area contributed by atoms with Crippen molar-refractivity contribution in [1.29, 1.82) is 0 Å². The maximum Gasteiger partial charge on any atom is 0.257 e. The summed E-state index contributed by atoms with van der Waals surface area (Å²) in [6, 6.07) is 4.04. The first-order chi connectivity index (χ1) is 8.68. The summed E-state index contributed by atoms with van der Waals surface area (Å²) < 4.78 is 5.22. The van der Waals surface area contributed by atoms with Gasteiger partial charge in [-0.25, -0.2) is 0 Å². The Morgan fingerprint density at radius 3 is 3.06 bits per heavy atom. The third-order valence-electron chi connectivity index (χ3n) is 3.63. The zero-order chi connectivity index (χ0) is 12.7. The molecule has 94 valence electrons. The van der Waals surface area contributed by atoms with E-state index in [1.807, 2.05) is 11.8 Å². The Morgan fingerprint density at radius 2 is 2.33 bits per heavy atom. The van der Waals surface area contributed by atoms with Gasteiger partial charge in [-0.1, -0.05) is 0 Å². The highest BCUT2D eigenvalue weighted by Gasteiger charge is 2.30. The summed E-state index contributed by atoms with van der Waals surface area (Å²) in [5.74, 6) is 0.772. The third-order valence-corrected chi connectivity index (χ3v) is 4.62. The second kappa shape index (κ2) is 4.28. The molecule has 1 amide bonds. The van der Waals surface area contributed by atoms with Gasteiger partial charge in [0.1, 0.15) is 5.76 Å². The summed E-state index contributed by atoms with van der Waals surface area (Å²) in [5, 5.41) is 2.11. The number of furan rings is 1. The summed E-state index contributed by atoms with van der Waals surface area (Å²) >= 11 is 1.79. The minimum Gasteiger partial charge on any atom is -0.469 e. The fraction of sp³-hybridized carbons (Fsp3) is 0.357. The average Bonchev–Trinajstić information content (AvgIpc) is 2.97. The normalized spacial score (nSPS) is 18.8. The monoisotopic (exact) mass is 261 g/mol. The largest absolute Gasteiger partial charge is 0.469 e. The predicted octanol–water partition coefficient (Wildman–Crippen LogP) is 3.41. The van der Waals surface area contributed by atoms with Gasteiger partial charge in [-0.3, -0.25) is 4.79 Å². The molecule has 3 rings (SSSR count). The van der Waals surface area contributed by atoms with Gasteiger partial charge in [-0.2, -0.15) is 0 Å². The summed E-state index contributed by atoms with van der Waals surface area (Å²) in [5.41, 5.74) is 1.97. The Labute approximate surface area is 110 Å². The van der Waals surface area contributed by atoms with E-state index in [2.05, 4.69) is 18.4 Å². The van der Waals surface area contributed by atoms with Gasteiger partial charge in [-0.05, 0) is 43.3 Å². The van der Waals surface area contributed by atoms with E-state index in [0.29, 0.717) is 11.3 Å². The molecule has 0 bridgehead atoms. The molecule has 0 N–H and O–H groups in total. The standard InChI is InChI=1S/C14H15NO2S/c1-9-11-5-8-18-13(11)3-6-15(9)14(16)12-4-7-17-10(12)2/h4-5,7-9H,3,6H2,1-2H3. The second-order valence-electron chi connectivity index (χ2n) is 4.61. The van der Waals surface area contributed by atoms with Crippen molar-refractivity contribution in [2.24, 2.45) is 0 Å². The Bertz CT molecular complexity index is 584. The van der Waals surface area contributed by atoms with Crippen LogP contribution in [0, 0.1) is 6.92 Å². The van der Waals surface area contributed by atoms with Crippen molar-refractivity contribution >= 4 is 17.2 Å². The van der Waals surface area contributed by atoms with Crippen LogP contribution in [-0.2, 0) is 6.42 Å². The van der Waals surface area contributed by atoms with Crippen LogP contribution >= 0.6 is 11.3 Å². The summed E-state index contributed by atoms with van der Waals surface area (Å²) in [6.45, 7) is 4.72. The van der Waals surface area contributed by atoms with Crippen molar-refractivity contribution in [2.45, 2.75) is 26.3 Å². The molecule has 3 heterocycles. The van der Waals surface area contributed by atoms with E-state index in [1.165, 1.54) is 10.4 Å². The molecular formula is C14H15NO2S. The SMILES string of the molecule is Cc1occc1C(=O)N1CCc2sccc2C1C. The van der Waals surface area contributed by atoms with Crippen LogP contribution in [-0.4, -0.2) is 17.4 Å². The third kappa shape index (κ3) is 1.68. The van der Waals surface area contributed by atoms with Gasteiger partial charge in [0, 0.05) is 11.4 Å². The summed E-state index contributed by atoms with van der Waals surface area (Å²) in [4.78, 5) is 15.8. The van der Waals surface area contributed by atoms with Crippen molar-refractivity contribution in [2.75, 3.05) is 6.54 Å². The molecule has 0 aliphatic carbocycles.